The summed E-state index contributed by atoms with van der Waals surface area (Å²) in [6, 6.07) is 5.01. The summed E-state index contributed by atoms with van der Waals surface area (Å²) >= 11 is 0. The maximum absolute atomic E-state index is 12.7. The van der Waals surface area contributed by atoms with E-state index in [0.29, 0.717) is 19.1 Å². The number of ether oxygens (including phenoxy) is 1. The Hall–Kier alpha value is -1.75. The number of anilines is 1. The molecule has 1 aromatic carbocycles. The highest BCUT2D eigenvalue weighted by Crippen LogP contribution is 2.36. The number of nitrogens with two attached hydrogens (primary N) is 1. The Labute approximate surface area is 119 Å². The van der Waals surface area contributed by atoms with Crippen LogP contribution in [-0.4, -0.2) is 42.2 Å². The van der Waals surface area contributed by atoms with Gasteiger partial charge in [-0.25, -0.2) is 0 Å². The summed E-state index contributed by atoms with van der Waals surface area (Å²) in [6.07, 6.45) is 2.31. The van der Waals surface area contributed by atoms with E-state index in [2.05, 4.69) is 6.92 Å². The highest BCUT2D eigenvalue weighted by atomic mass is 16.5. The summed E-state index contributed by atoms with van der Waals surface area (Å²) in [5, 5.41) is 9.97. The highest BCUT2D eigenvalue weighted by Gasteiger charge is 2.35. The first-order chi connectivity index (χ1) is 9.56. The summed E-state index contributed by atoms with van der Waals surface area (Å²) in [5.74, 6) is 0.230. The maximum atomic E-state index is 12.7. The molecule has 0 heterocycles. The summed E-state index contributed by atoms with van der Waals surface area (Å²) in [7, 11) is 1.61. The average Bonchev–Trinajstić information content (AvgIpc) is 3.26. The standard InChI is InChI=1S/C15H22N2O3/c1-10(11-6-7-11)17(8-9-20-2)15(19)12-4-3-5-13(16)14(12)18/h3-5,10-11,18H,6-9,16H2,1-2H3. The van der Waals surface area contributed by atoms with E-state index in [1.807, 2.05) is 0 Å². The van der Waals surface area contributed by atoms with E-state index in [9.17, 15) is 9.90 Å². The summed E-state index contributed by atoms with van der Waals surface area (Å²) in [5.41, 5.74) is 6.14. The lowest BCUT2D eigenvalue weighted by Crippen LogP contribution is -2.42. The van der Waals surface area contributed by atoms with Gasteiger partial charge in [0.1, 0.15) is 0 Å². The molecule has 0 aliphatic heterocycles. The number of amides is 1. The van der Waals surface area contributed by atoms with Crippen LogP contribution in [0.25, 0.3) is 0 Å². The second-order valence-electron chi connectivity index (χ2n) is 5.31. The SMILES string of the molecule is COCCN(C(=O)c1cccc(N)c1O)C(C)C1CC1. The molecule has 0 saturated heterocycles. The molecular formula is C15H22N2O3. The molecule has 0 radical (unpaired) electrons. The molecule has 0 spiro atoms. The number of hydrogen-bond acceptors (Lipinski definition) is 4. The summed E-state index contributed by atoms with van der Waals surface area (Å²) in [4.78, 5) is 14.4. The first-order valence-corrected chi connectivity index (χ1v) is 6.93. The third-order valence-electron chi connectivity index (χ3n) is 3.89. The van der Waals surface area contributed by atoms with Crippen molar-refractivity contribution < 1.29 is 14.6 Å². The number of phenols is 1. The van der Waals surface area contributed by atoms with Crippen LogP contribution in [0.4, 0.5) is 5.69 Å². The van der Waals surface area contributed by atoms with Crippen LogP contribution < -0.4 is 5.73 Å². The van der Waals surface area contributed by atoms with Crippen molar-refractivity contribution in [3.05, 3.63) is 23.8 Å². The zero-order chi connectivity index (χ0) is 14.7. The Morgan fingerprint density at radius 1 is 1.55 bits per heavy atom. The van der Waals surface area contributed by atoms with Crippen LogP contribution in [0, 0.1) is 5.92 Å². The van der Waals surface area contributed by atoms with E-state index in [4.69, 9.17) is 10.5 Å². The zero-order valence-electron chi connectivity index (χ0n) is 12.0. The van der Waals surface area contributed by atoms with Crippen LogP contribution in [0.2, 0.25) is 0 Å². The molecule has 1 unspecified atom stereocenters. The van der Waals surface area contributed by atoms with Crippen LogP contribution in [0.15, 0.2) is 18.2 Å². The topological polar surface area (TPSA) is 75.8 Å². The molecule has 1 fully saturated rings. The van der Waals surface area contributed by atoms with Gasteiger partial charge in [0.2, 0.25) is 0 Å². The molecule has 0 aromatic heterocycles. The molecule has 1 aliphatic rings. The molecule has 5 heteroatoms. The van der Waals surface area contributed by atoms with Gasteiger partial charge in [-0.1, -0.05) is 6.07 Å². The number of methoxy groups -OCH3 is 1. The van der Waals surface area contributed by atoms with E-state index in [1.165, 1.54) is 0 Å². The number of phenolic OH excluding ortho intramolecular Hbond substituents is 1. The van der Waals surface area contributed by atoms with E-state index < -0.39 is 0 Å². The quantitative estimate of drug-likeness (QED) is 0.615. The van der Waals surface area contributed by atoms with Crippen LogP contribution in [-0.2, 0) is 4.74 Å². The van der Waals surface area contributed by atoms with E-state index in [1.54, 1.807) is 30.2 Å². The lowest BCUT2D eigenvalue weighted by atomic mass is 10.1. The van der Waals surface area contributed by atoms with Gasteiger partial charge in [0.15, 0.2) is 5.75 Å². The van der Waals surface area contributed by atoms with Crippen LogP contribution >= 0.6 is 0 Å². The second-order valence-corrected chi connectivity index (χ2v) is 5.31. The van der Waals surface area contributed by atoms with E-state index in [0.717, 1.165) is 12.8 Å². The summed E-state index contributed by atoms with van der Waals surface area (Å²) in [6.45, 7) is 3.04. The molecule has 1 amide bonds. The Balaban J connectivity index is 2.22. The molecule has 1 atom stereocenters. The Kier molecular flexibility index (Phi) is 4.49. The minimum Gasteiger partial charge on any atom is -0.505 e. The van der Waals surface area contributed by atoms with Gasteiger partial charge in [-0.3, -0.25) is 4.79 Å². The lowest BCUT2D eigenvalue weighted by Gasteiger charge is -2.29. The number of nitrogens with zero attached hydrogens (tertiary/aromatic N) is 1. The number of aromatic hydroxyl groups is 1. The first-order valence-electron chi connectivity index (χ1n) is 6.93. The molecule has 20 heavy (non-hydrogen) atoms. The molecule has 110 valence electrons. The maximum Gasteiger partial charge on any atom is 0.258 e. The third kappa shape index (κ3) is 3.04. The molecule has 2 rings (SSSR count). The molecule has 1 aromatic rings. The van der Waals surface area contributed by atoms with Gasteiger partial charge in [-0.2, -0.15) is 0 Å². The minimum atomic E-state index is -0.189. The van der Waals surface area contributed by atoms with Crippen molar-refractivity contribution in [3.63, 3.8) is 0 Å². The smallest absolute Gasteiger partial charge is 0.258 e. The fraction of sp³-hybridized carbons (Fsp3) is 0.533. The van der Waals surface area contributed by atoms with Crippen LogP contribution in [0.1, 0.15) is 30.1 Å². The molecule has 1 saturated carbocycles. The Morgan fingerprint density at radius 2 is 2.25 bits per heavy atom. The largest absolute Gasteiger partial charge is 0.505 e. The van der Waals surface area contributed by atoms with Crippen molar-refractivity contribution in [1.29, 1.82) is 0 Å². The predicted molar refractivity (Wildman–Crippen MR) is 77.6 cm³/mol. The van der Waals surface area contributed by atoms with Gasteiger partial charge in [0, 0.05) is 19.7 Å². The second kappa shape index (κ2) is 6.13. The number of carbonyl (C=O) groups excluding carboxylic acids is 1. The Bertz CT molecular complexity index is 486. The van der Waals surface area contributed by atoms with Crippen molar-refractivity contribution in [2.45, 2.75) is 25.8 Å². The number of benzene rings is 1. The van der Waals surface area contributed by atoms with Gasteiger partial charge in [-0.05, 0) is 37.8 Å². The van der Waals surface area contributed by atoms with Gasteiger partial charge in [0.25, 0.3) is 5.91 Å². The predicted octanol–water partition coefficient (Wildman–Crippen LogP) is 1.86. The molecule has 3 N–H and O–H groups in total. The number of para-hydroxylation sites is 1. The van der Waals surface area contributed by atoms with Gasteiger partial charge < -0.3 is 20.5 Å². The van der Waals surface area contributed by atoms with E-state index >= 15 is 0 Å². The normalized spacial score (nSPS) is 15.9. The number of hydrogen-bond donors (Lipinski definition) is 2. The van der Waals surface area contributed by atoms with Gasteiger partial charge >= 0.3 is 0 Å². The monoisotopic (exact) mass is 278 g/mol. The van der Waals surface area contributed by atoms with Gasteiger partial charge in [-0.15, -0.1) is 0 Å². The van der Waals surface area contributed by atoms with Crippen LogP contribution in [0.3, 0.4) is 0 Å². The minimum absolute atomic E-state index is 0.136. The molecular weight excluding hydrogens is 256 g/mol. The molecule has 5 nitrogen and oxygen atoms in total. The van der Waals surface area contributed by atoms with Crippen molar-refractivity contribution in [2.75, 3.05) is 26.0 Å². The number of nitrogen functional groups attached to an aromatic ring is 1. The number of rotatable bonds is 6. The fourth-order valence-electron chi connectivity index (χ4n) is 2.40. The van der Waals surface area contributed by atoms with Crippen molar-refractivity contribution >= 4 is 11.6 Å². The average molecular weight is 278 g/mol. The first kappa shape index (κ1) is 14.7. The van der Waals surface area contributed by atoms with Crippen LogP contribution in [0.5, 0.6) is 5.75 Å². The zero-order valence-corrected chi connectivity index (χ0v) is 12.0. The Morgan fingerprint density at radius 3 is 2.85 bits per heavy atom. The van der Waals surface area contributed by atoms with Crippen molar-refractivity contribution in [3.8, 4) is 5.75 Å². The molecule has 1 aliphatic carbocycles. The van der Waals surface area contributed by atoms with E-state index in [-0.39, 0.29) is 28.9 Å². The lowest BCUT2D eigenvalue weighted by molar-refractivity contribution is 0.0592. The fourth-order valence-corrected chi connectivity index (χ4v) is 2.40. The summed E-state index contributed by atoms with van der Waals surface area (Å²) < 4.78 is 5.08. The highest BCUT2D eigenvalue weighted by molar-refractivity contribution is 5.98. The number of carbonyl (C=O) groups is 1. The molecule has 0 bridgehead atoms. The third-order valence-corrected chi connectivity index (χ3v) is 3.89. The van der Waals surface area contributed by atoms with Crippen molar-refractivity contribution in [2.24, 2.45) is 5.92 Å². The van der Waals surface area contributed by atoms with Crippen molar-refractivity contribution in [1.82, 2.24) is 4.90 Å². The van der Waals surface area contributed by atoms with Gasteiger partial charge in [0.05, 0.1) is 17.9 Å².